The van der Waals surface area contributed by atoms with Gasteiger partial charge in [0.15, 0.2) is 0 Å². The number of piperazine rings is 1. The molecule has 1 unspecified atom stereocenters. The summed E-state index contributed by atoms with van der Waals surface area (Å²) >= 11 is 0. The van der Waals surface area contributed by atoms with Crippen LogP contribution in [0.25, 0.3) is 0 Å². The summed E-state index contributed by atoms with van der Waals surface area (Å²) in [5.74, 6) is -1.20. The molecular weight excluding hydrogens is 342 g/mol. The van der Waals surface area contributed by atoms with E-state index >= 15 is 0 Å². The van der Waals surface area contributed by atoms with Crippen molar-refractivity contribution in [3.63, 3.8) is 0 Å². The molecule has 0 aromatic heterocycles. The Kier molecular flexibility index (Phi) is 4.83. The Morgan fingerprint density at radius 2 is 1.72 bits per heavy atom. The monoisotopic (exact) mass is 365 g/mol. The summed E-state index contributed by atoms with van der Waals surface area (Å²) < 4.78 is 25.1. The van der Waals surface area contributed by atoms with E-state index in [2.05, 4.69) is 11.8 Å². The van der Waals surface area contributed by atoms with E-state index in [1.165, 1.54) is 12.1 Å². The van der Waals surface area contributed by atoms with Crippen LogP contribution >= 0.6 is 0 Å². The summed E-state index contributed by atoms with van der Waals surface area (Å²) in [5, 5.41) is 0. The molecule has 136 valence electrons. The van der Waals surface area contributed by atoms with E-state index in [1.807, 2.05) is 0 Å². The van der Waals surface area contributed by atoms with Crippen molar-refractivity contribution in [3.8, 4) is 0 Å². The standard InChI is InChI=1S/C17H23N3O4S/c1-3-18-8-10-19(11-9-18)17(22)14-4-6-15(7-5-14)20-16(21)13(2)12-25(20,23)24/h4-7,13H,3,8-12H2,1-2H3. The number of benzene rings is 1. The van der Waals surface area contributed by atoms with Crippen LogP contribution in [-0.2, 0) is 14.8 Å². The maximum Gasteiger partial charge on any atom is 0.253 e. The third-order valence-corrected chi connectivity index (χ3v) is 6.68. The Balaban J connectivity index is 1.75. The first-order chi connectivity index (χ1) is 11.8. The number of sulfonamides is 1. The molecule has 1 aromatic carbocycles. The number of nitrogens with zero attached hydrogens (tertiary/aromatic N) is 3. The second kappa shape index (κ2) is 6.76. The van der Waals surface area contributed by atoms with Gasteiger partial charge in [0.1, 0.15) is 0 Å². The Labute approximate surface area is 148 Å². The summed E-state index contributed by atoms with van der Waals surface area (Å²) in [6.45, 7) is 7.78. The van der Waals surface area contributed by atoms with Crippen molar-refractivity contribution in [2.75, 3.05) is 42.8 Å². The summed E-state index contributed by atoms with van der Waals surface area (Å²) in [4.78, 5) is 28.8. The lowest BCUT2D eigenvalue weighted by atomic mass is 10.1. The van der Waals surface area contributed by atoms with E-state index < -0.39 is 21.8 Å². The van der Waals surface area contributed by atoms with Gasteiger partial charge in [0.05, 0.1) is 17.4 Å². The summed E-state index contributed by atoms with van der Waals surface area (Å²) in [5.41, 5.74) is 0.799. The molecule has 8 heteroatoms. The van der Waals surface area contributed by atoms with E-state index in [4.69, 9.17) is 0 Å². The molecule has 0 N–H and O–H groups in total. The van der Waals surface area contributed by atoms with Crippen molar-refractivity contribution in [1.82, 2.24) is 9.80 Å². The zero-order valence-electron chi connectivity index (χ0n) is 14.5. The molecule has 1 aromatic rings. The van der Waals surface area contributed by atoms with Gasteiger partial charge in [-0.2, -0.15) is 0 Å². The normalized spacial score (nSPS) is 23.9. The van der Waals surface area contributed by atoms with Gasteiger partial charge in [-0.15, -0.1) is 0 Å². The van der Waals surface area contributed by atoms with Gasteiger partial charge in [-0.05, 0) is 30.8 Å². The first kappa shape index (κ1) is 17.9. The second-order valence-electron chi connectivity index (χ2n) is 6.56. The van der Waals surface area contributed by atoms with Crippen LogP contribution in [0.15, 0.2) is 24.3 Å². The van der Waals surface area contributed by atoms with Crippen LogP contribution in [0.1, 0.15) is 24.2 Å². The van der Waals surface area contributed by atoms with E-state index in [1.54, 1.807) is 24.0 Å². The number of anilines is 1. The molecule has 0 radical (unpaired) electrons. The quantitative estimate of drug-likeness (QED) is 0.791. The van der Waals surface area contributed by atoms with Crippen LogP contribution in [0.2, 0.25) is 0 Å². The molecule has 2 heterocycles. The van der Waals surface area contributed by atoms with Crippen LogP contribution in [0, 0.1) is 5.92 Å². The highest BCUT2D eigenvalue weighted by molar-refractivity contribution is 7.94. The number of rotatable bonds is 3. The fraction of sp³-hybridized carbons (Fsp3) is 0.529. The SMILES string of the molecule is CCN1CCN(C(=O)c2ccc(N3C(=O)C(C)CS3(=O)=O)cc2)CC1. The number of likely N-dealkylation sites (N-methyl/N-ethyl adjacent to an activating group) is 1. The maximum atomic E-state index is 12.6. The van der Waals surface area contributed by atoms with Crippen molar-refractivity contribution >= 4 is 27.5 Å². The van der Waals surface area contributed by atoms with Gasteiger partial charge in [-0.25, -0.2) is 12.7 Å². The lowest BCUT2D eigenvalue weighted by Gasteiger charge is -2.34. The molecule has 2 fully saturated rings. The summed E-state index contributed by atoms with van der Waals surface area (Å²) in [7, 11) is -3.62. The molecule has 2 aliphatic heterocycles. The molecule has 25 heavy (non-hydrogen) atoms. The zero-order valence-corrected chi connectivity index (χ0v) is 15.3. The van der Waals surface area contributed by atoms with Crippen molar-refractivity contribution in [2.24, 2.45) is 5.92 Å². The van der Waals surface area contributed by atoms with Crippen molar-refractivity contribution in [1.29, 1.82) is 0 Å². The number of carbonyl (C=O) groups excluding carboxylic acids is 2. The Bertz CT molecular complexity index is 768. The van der Waals surface area contributed by atoms with Crippen LogP contribution in [-0.4, -0.2) is 68.5 Å². The molecule has 0 spiro atoms. The first-order valence-electron chi connectivity index (χ1n) is 8.52. The maximum absolute atomic E-state index is 12.6. The molecule has 3 rings (SSSR count). The summed E-state index contributed by atoms with van der Waals surface area (Å²) in [6, 6.07) is 6.25. The minimum absolute atomic E-state index is 0.0636. The van der Waals surface area contributed by atoms with Crippen molar-refractivity contribution < 1.29 is 18.0 Å². The van der Waals surface area contributed by atoms with E-state index in [0.29, 0.717) is 24.3 Å². The van der Waals surface area contributed by atoms with Gasteiger partial charge >= 0.3 is 0 Å². The largest absolute Gasteiger partial charge is 0.336 e. The van der Waals surface area contributed by atoms with Gasteiger partial charge in [0, 0.05) is 31.7 Å². The van der Waals surface area contributed by atoms with Crippen LogP contribution in [0.3, 0.4) is 0 Å². The first-order valence-corrected chi connectivity index (χ1v) is 10.1. The molecule has 1 atom stereocenters. The van der Waals surface area contributed by atoms with Crippen molar-refractivity contribution in [2.45, 2.75) is 13.8 Å². The zero-order chi connectivity index (χ0) is 18.2. The van der Waals surface area contributed by atoms with E-state index in [-0.39, 0.29) is 11.7 Å². The third kappa shape index (κ3) is 3.41. The van der Waals surface area contributed by atoms with Crippen LogP contribution < -0.4 is 4.31 Å². The third-order valence-electron chi connectivity index (χ3n) is 4.82. The van der Waals surface area contributed by atoms with Gasteiger partial charge in [0.2, 0.25) is 15.9 Å². The van der Waals surface area contributed by atoms with E-state index in [9.17, 15) is 18.0 Å². The topological polar surface area (TPSA) is 78.0 Å². The molecule has 2 aliphatic rings. The highest BCUT2D eigenvalue weighted by Gasteiger charge is 2.41. The number of carbonyl (C=O) groups is 2. The Morgan fingerprint density at radius 1 is 1.12 bits per heavy atom. The number of amides is 2. The van der Waals surface area contributed by atoms with Gasteiger partial charge in [0.25, 0.3) is 5.91 Å². The molecule has 7 nitrogen and oxygen atoms in total. The predicted molar refractivity (Wildman–Crippen MR) is 94.9 cm³/mol. The molecule has 2 saturated heterocycles. The predicted octanol–water partition coefficient (Wildman–Crippen LogP) is 0.777. The lowest BCUT2D eigenvalue weighted by molar-refractivity contribution is -0.119. The fourth-order valence-electron chi connectivity index (χ4n) is 3.28. The molecule has 0 aliphatic carbocycles. The summed E-state index contributed by atoms with van der Waals surface area (Å²) in [6.07, 6.45) is 0. The number of hydrogen-bond acceptors (Lipinski definition) is 5. The minimum Gasteiger partial charge on any atom is -0.336 e. The van der Waals surface area contributed by atoms with Crippen LogP contribution in [0.4, 0.5) is 5.69 Å². The van der Waals surface area contributed by atoms with E-state index in [0.717, 1.165) is 23.9 Å². The van der Waals surface area contributed by atoms with Gasteiger partial charge < -0.3 is 9.80 Å². The average Bonchev–Trinajstić information content (AvgIpc) is 2.82. The lowest BCUT2D eigenvalue weighted by Crippen LogP contribution is -2.48. The second-order valence-corrected chi connectivity index (χ2v) is 8.42. The van der Waals surface area contributed by atoms with Crippen LogP contribution in [0.5, 0.6) is 0 Å². The minimum atomic E-state index is -3.62. The molecule has 0 saturated carbocycles. The van der Waals surface area contributed by atoms with Crippen molar-refractivity contribution in [3.05, 3.63) is 29.8 Å². The average molecular weight is 365 g/mol. The highest BCUT2D eigenvalue weighted by Crippen LogP contribution is 2.28. The number of hydrogen-bond donors (Lipinski definition) is 0. The smallest absolute Gasteiger partial charge is 0.253 e. The Hall–Kier alpha value is -1.93. The molecule has 2 amide bonds. The van der Waals surface area contributed by atoms with Gasteiger partial charge in [-0.3, -0.25) is 9.59 Å². The molecule has 0 bridgehead atoms. The molecular formula is C17H23N3O4S. The van der Waals surface area contributed by atoms with Gasteiger partial charge in [-0.1, -0.05) is 13.8 Å². The Morgan fingerprint density at radius 3 is 2.20 bits per heavy atom. The highest BCUT2D eigenvalue weighted by atomic mass is 32.2. The fourth-order valence-corrected chi connectivity index (χ4v) is 5.10.